The van der Waals surface area contributed by atoms with Crippen molar-refractivity contribution in [1.29, 1.82) is 0 Å². The highest BCUT2D eigenvalue weighted by molar-refractivity contribution is 5.96. The number of benzene rings is 1. The number of esters is 1. The molecule has 2 aromatic heterocycles. The Kier molecular flexibility index (Phi) is 5.07. The summed E-state index contributed by atoms with van der Waals surface area (Å²) in [7, 11) is 3.17. The van der Waals surface area contributed by atoms with Crippen molar-refractivity contribution < 1.29 is 14.3 Å². The molecule has 0 spiro atoms. The van der Waals surface area contributed by atoms with Gasteiger partial charge in [-0.1, -0.05) is 6.07 Å². The maximum absolute atomic E-state index is 12.2. The van der Waals surface area contributed by atoms with E-state index in [1.165, 1.54) is 7.11 Å². The van der Waals surface area contributed by atoms with Crippen LogP contribution >= 0.6 is 0 Å². The van der Waals surface area contributed by atoms with Crippen LogP contribution in [0.15, 0.2) is 54.9 Å². The van der Waals surface area contributed by atoms with Gasteiger partial charge < -0.3 is 10.1 Å². The third kappa shape index (κ3) is 3.77. The van der Waals surface area contributed by atoms with E-state index in [1.54, 1.807) is 41.3 Å². The normalized spacial score (nSPS) is 10.4. The van der Waals surface area contributed by atoms with Gasteiger partial charge in [0.1, 0.15) is 0 Å². The number of carbonyl (C=O) groups excluding carboxylic acids is 2. The molecule has 1 aromatic carbocycles. The molecule has 1 amide bonds. The summed E-state index contributed by atoms with van der Waals surface area (Å²) in [6.45, 7) is 0.357. The summed E-state index contributed by atoms with van der Waals surface area (Å²) in [6.07, 6.45) is 3.44. The Morgan fingerprint density at radius 1 is 1.08 bits per heavy atom. The van der Waals surface area contributed by atoms with Gasteiger partial charge in [0.25, 0.3) is 5.91 Å². The molecule has 0 bridgehead atoms. The number of aromatic nitrogens is 3. The minimum absolute atomic E-state index is 0.225. The lowest BCUT2D eigenvalue weighted by Gasteiger charge is -2.07. The van der Waals surface area contributed by atoms with E-state index >= 15 is 0 Å². The lowest BCUT2D eigenvalue weighted by atomic mass is 10.1. The third-order valence-corrected chi connectivity index (χ3v) is 3.93. The van der Waals surface area contributed by atoms with Crippen LogP contribution in [-0.4, -0.2) is 33.8 Å². The minimum Gasteiger partial charge on any atom is -0.465 e. The molecule has 0 radical (unpaired) electrons. The topological polar surface area (TPSA) is 86.1 Å². The van der Waals surface area contributed by atoms with Crippen LogP contribution in [0.5, 0.6) is 0 Å². The number of ether oxygens (including phenoxy) is 1. The number of pyridine rings is 1. The predicted octanol–water partition coefficient (Wildman–Crippen LogP) is 2.20. The van der Waals surface area contributed by atoms with Gasteiger partial charge in [0, 0.05) is 31.5 Å². The summed E-state index contributed by atoms with van der Waals surface area (Å²) in [5.41, 5.74) is 3.50. The van der Waals surface area contributed by atoms with Crippen LogP contribution in [0.25, 0.3) is 11.4 Å². The van der Waals surface area contributed by atoms with Gasteiger partial charge in [0.2, 0.25) is 0 Å². The van der Waals surface area contributed by atoms with Crippen LogP contribution in [-0.2, 0) is 18.3 Å². The third-order valence-electron chi connectivity index (χ3n) is 3.93. The highest BCUT2D eigenvalue weighted by atomic mass is 16.5. The molecule has 7 nitrogen and oxygen atoms in total. The van der Waals surface area contributed by atoms with Crippen molar-refractivity contribution in [2.75, 3.05) is 7.11 Å². The van der Waals surface area contributed by atoms with Crippen molar-refractivity contribution in [3.8, 4) is 11.4 Å². The highest BCUT2D eigenvalue weighted by Crippen LogP contribution is 2.15. The van der Waals surface area contributed by atoms with Crippen molar-refractivity contribution in [3.63, 3.8) is 0 Å². The van der Waals surface area contributed by atoms with E-state index in [2.05, 4.69) is 20.1 Å². The van der Waals surface area contributed by atoms with Gasteiger partial charge in [-0.3, -0.25) is 14.5 Å². The molecule has 132 valence electrons. The molecule has 0 aliphatic rings. The highest BCUT2D eigenvalue weighted by Gasteiger charge is 2.09. The van der Waals surface area contributed by atoms with E-state index < -0.39 is 5.97 Å². The van der Waals surface area contributed by atoms with Crippen LogP contribution in [0.2, 0.25) is 0 Å². The van der Waals surface area contributed by atoms with E-state index in [0.29, 0.717) is 17.7 Å². The van der Waals surface area contributed by atoms with Crippen LogP contribution in [0, 0.1) is 0 Å². The average molecular weight is 350 g/mol. The molecule has 0 aliphatic carbocycles. The lowest BCUT2D eigenvalue weighted by Crippen LogP contribution is -2.22. The summed E-state index contributed by atoms with van der Waals surface area (Å²) >= 11 is 0. The molecular weight excluding hydrogens is 332 g/mol. The van der Waals surface area contributed by atoms with E-state index in [4.69, 9.17) is 0 Å². The Morgan fingerprint density at radius 3 is 2.38 bits per heavy atom. The van der Waals surface area contributed by atoms with Crippen molar-refractivity contribution >= 4 is 11.9 Å². The smallest absolute Gasteiger partial charge is 0.337 e. The monoisotopic (exact) mass is 350 g/mol. The van der Waals surface area contributed by atoms with Crippen molar-refractivity contribution in [2.45, 2.75) is 6.54 Å². The molecule has 0 fully saturated rings. The number of rotatable bonds is 5. The molecule has 2 heterocycles. The number of nitrogens with one attached hydrogen (secondary N) is 1. The fourth-order valence-electron chi connectivity index (χ4n) is 2.47. The molecule has 7 heteroatoms. The molecule has 3 rings (SSSR count). The average Bonchev–Trinajstić information content (AvgIpc) is 3.12. The Bertz CT molecular complexity index is 915. The van der Waals surface area contributed by atoms with Gasteiger partial charge in [-0.15, -0.1) is 0 Å². The molecule has 0 saturated heterocycles. The number of hydrogen-bond acceptors (Lipinski definition) is 5. The van der Waals surface area contributed by atoms with Gasteiger partial charge in [-0.05, 0) is 42.0 Å². The number of aryl methyl sites for hydroxylation is 1. The zero-order chi connectivity index (χ0) is 18.5. The number of methoxy groups -OCH3 is 1. The summed E-state index contributed by atoms with van der Waals surface area (Å²) < 4.78 is 6.39. The maximum atomic E-state index is 12.2. The molecule has 0 atom stereocenters. The van der Waals surface area contributed by atoms with Gasteiger partial charge in [-0.2, -0.15) is 5.10 Å². The Morgan fingerprint density at radius 2 is 1.81 bits per heavy atom. The quantitative estimate of drug-likeness (QED) is 0.713. The lowest BCUT2D eigenvalue weighted by molar-refractivity contribution is 0.0600. The first kappa shape index (κ1) is 17.3. The van der Waals surface area contributed by atoms with E-state index in [9.17, 15) is 9.59 Å². The standard InChI is InChI=1S/C19H18N4O3/c1-23-17(9-10-22-23)16-8-3-13(11-20-16)12-21-18(24)14-4-6-15(7-5-14)19(25)26-2/h3-11H,12H2,1-2H3,(H,21,24). The largest absolute Gasteiger partial charge is 0.465 e. The molecule has 1 N–H and O–H groups in total. The second kappa shape index (κ2) is 7.60. The fraction of sp³-hybridized carbons (Fsp3) is 0.158. The molecule has 0 unspecified atom stereocenters. The summed E-state index contributed by atoms with van der Waals surface area (Å²) in [5, 5.41) is 6.95. The van der Waals surface area contributed by atoms with E-state index in [0.717, 1.165) is 17.0 Å². The Balaban J connectivity index is 1.61. The van der Waals surface area contributed by atoms with Crippen LogP contribution in [0.4, 0.5) is 0 Å². The first-order valence-electron chi connectivity index (χ1n) is 7.98. The van der Waals surface area contributed by atoms with Crippen LogP contribution in [0.1, 0.15) is 26.3 Å². The van der Waals surface area contributed by atoms with E-state index in [-0.39, 0.29) is 5.91 Å². The van der Waals surface area contributed by atoms with Gasteiger partial charge in [0.15, 0.2) is 0 Å². The van der Waals surface area contributed by atoms with Gasteiger partial charge >= 0.3 is 5.97 Å². The Labute approximate surface area is 150 Å². The predicted molar refractivity (Wildman–Crippen MR) is 95.4 cm³/mol. The van der Waals surface area contributed by atoms with Gasteiger partial charge in [0.05, 0.1) is 24.1 Å². The van der Waals surface area contributed by atoms with Gasteiger partial charge in [-0.25, -0.2) is 4.79 Å². The molecule has 0 aliphatic heterocycles. The van der Waals surface area contributed by atoms with E-state index in [1.807, 2.05) is 25.2 Å². The second-order valence-electron chi connectivity index (χ2n) is 5.64. The molecular formula is C19H18N4O3. The zero-order valence-electron chi connectivity index (χ0n) is 14.5. The number of hydrogen-bond donors (Lipinski definition) is 1. The zero-order valence-corrected chi connectivity index (χ0v) is 14.5. The SMILES string of the molecule is COC(=O)c1ccc(C(=O)NCc2ccc(-c3ccnn3C)nc2)cc1. The van der Waals surface area contributed by atoms with Crippen molar-refractivity contribution in [1.82, 2.24) is 20.1 Å². The Hall–Kier alpha value is -3.48. The first-order valence-corrected chi connectivity index (χ1v) is 7.98. The molecule has 0 saturated carbocycles. The van der Waals surface area contributed by atoms with Crippen molar-refractivity contribution in [3.05, 3.63) is 71.5 Å². The first-order chi connectivity index (χ1) is 12.6. The number of nitrogens with zero attached hydrogens (tertiary/aromatic N) is 3. The van der Waals surface area contributed by atoms with Crippen LogP contribution < -0.4 is 5.32 Å². The molecule has 26 heavy (non-hydrogen) atoms. The second-order valence-corrected chi connectivity index (χ2v) is 5.64. The summed E-state index contributed by atoms with van der Waals surface area (Å²) in [6, 6.07) is 12.0. The molecule has 3 aromatic rings. The summed E-state index contributed by atoms with van der Waals surface area (Å²) in [4.78, 5) is 28.0. The minimum atomic E-state index is -0.434. The number of carbonyl (C=O) groups is 2. The fourth-order valence-corrected chi connectivity index (χ4v) is 2.47. The van der Waals surface area contributed by atoms with Crippen molar-refractivity contribution in [2.24, 2.45) is 7.05 Å². The maximum Gasteiger partial charge on any atom is 0.337 e. The summed E-state index contributed by atoms with van der Waals surface area (Å²) in [5.74, 6) is -0.659. The number of amides is 1. The van der Waals surface area contributed by atoms with Crippen LogP contribution in [0.3, 0.4) is 0 Å².